The van der Waals surface area contributed by atoms with Gasteiger partial charge in [0.05, 0.1) is 16.3 Å². The normalized spacial score (nSPS) is 17.8. The van der Waals surface area contributed by atoms with Crippen molar-refractivity contribution < 1.29 is 17.6 Å². The van der Waals surface area contributed by atoms with E-state index in [1.165, 1.54) is 22.1 Å². The SMILES string of the molecule is O=C(CSc1ccc(S(=O)(=O)N2CCCC2)cc1)N1CCN(c2ccccc2F)CC1. The number of carbonyl (C=O) groups is 1. The fraction of sp³-hybridized carbons (Fsp3) is 0.409. The first-order valence-electron chi connectivity index (χ1n) is 10.5. The van der Waals surface area contributed by atoms with Crippen molar-refractivity contribution in [1.82, 2.24) is 9.21 Å². The summed E-state index contributed by atoms with van der Waals surface area (Å²) in [5.41, 5.74) is 0.577. The van der Waals surface area contributed by atoms with Crippen molar-refractivity contribution in [3.05, 3.63) is 54.3 Å². The number of halogens is 1. The first-order chi connectivity index (χ1) is 14.9. The number of piperazine rings is 1. The summed E-state index contributed by atoms with van der Waals surface area (Å²) in [6.45, 7) is 3.47. The molecule has 1 amide bonds. The molecule has 9 heteroatoms. The third-order valence-corrected chi connectivity index (χ3v) is 8.62. The van der Waals surface area contributed by atoms with Gasteiger partial charge in [-0.3, -0.25) is 4.79 Å². The Kier molecular flexibility index (Phi) is 6.83. The number of thioether (sulfide) groups is 1. The van der Waals surface area contributed by atoms with Gasteiger partial charge in [0.2, 0.25) is 15.9 Å². The first-order valence-corrected chi connectivity index (χ1v) is 12.9. The van der Waals surface area contributed by atoms with E-state index in [1.54, 1.807) is 41.3 Å². The van der Waals surface area contributed by atoms with E-state index in [1.807, 2.05) is 11.0 Å². The summed E-state index contributed by atoms with van der Waals surface area (Å²) in [7, 11) is -3.42. The fourth-order valence-electron chi connectivity index (χ4n) is 3.93. The molecule has 0 spiro atoms. The number of sulfonamides is 1. The van der Waals surface area contributed by atoms with E-state index < -0.39 is 10.0 Å². The Hall–Kier alpha value is -2.10. The van der Waals surface area contributed by atoms with Gasteiger partial charge in [0.15, 0.2) is 0 Å². The van der Waals surface area contributed by atoms with E-state index >= 15 is 0 Å². The van der Waals surface area contributed by atoms with Gasteiger partial charge in [0.25, 0.3) is 0 Å². The zero-order valence-electron chi connectivity index (χ0n) is 17.2. The molecule has 0 saturated carbocycles. The Morgan fingerprint density at radius 2 is 1.55 bits per heavy atom. The van der Waals surface area contributed by atoms with E-state index in [0.717, 1.165) is 17.7 Å². The number of anilines is 1. The lowest BCUT2D eigenvalue weighted by molar-refractivity contribution is -0.128. The molecule has 0 aliphatic carbocycles. The van der Waals surface area contributed by atoms with Crippen molar-refractivity contribution in [2.45, 2.75) is 22.6 Å². The van der Waals surface area contributed by atoms with Crippen LogP contribution < -0.4 is 4.90 Å². The van der Waals surface area contributed by atoms with Gasteiger partial charge in [-0.15, -0.1) is 11.8 Å². The van der Waals surface area contributed by atoms with Gasteiger partial charge in [-0.2, -0.15) is 4.31 Å². The molecular formula is C22H26FN3O3S2. The maximum atomic E-state index is 14.0. The second-order valence-corrected chi connectivity index (χ2v) is 10.7. The number of rotatable bonds is 6. The minimum atomic E-state index is -3.42. The van der Waals surface area contributed by atoms with Gasteiger partial charge in [-0.25, -0.2) is 12.8 Å². The highest BCUT2D eigenvalue weighted by molar-refractivity contribution is 8.00. The van der Waals surface area contributed by atoms with Crippen LogP contribution in [-0.4, -0.2) is 68.6 Å². The maximum absolute atomic E-state index is 14.0. The summed E-state index contributed by atoms with van der Waals surface area (Å²) < 4.78 is 40.7. The molecule has 0 atom stereocenters. The monoisotopic (exact) mass is 463 g/mol. The highest BCUT2D eigenvalue weighted by atomic mass is 32.2. The third-order valence-electron chi connectivity index (χ3n) is 5.71. The van der Waals surface area contributed by atoms with Gasteiger partial charge in [0.1, 0.15) is 5.82 Å². The van der Waals surface area contributed by atoms with E-state index in [4.69, 9.17) is 0 Å². The zero-order valence-corrected chi connectivity index (χ0v) is 18.9. The molecule has 2 aliphatic heterocycles. The number of hydrogen-bond acceptors (Lipinski definition) is 5. The Morgan fingerprint density at radius 3 is 2.19 bits per heavy atom. The molecule has 2 fully saturated rings. The molecule has 31 heavy (non-hydrogen) atoms. The molecule has 0 unspecified atom stereocenters. The molecule has 0 bridgehead atoms. The first kappa shape index (κ1) is 22.1. The number of benzene rings is 2. The summed E-state index contributed by atoms with van der Waals surface area (Å²) in [5.74, 6) is 0.0812. The van der Waals surface area contributed by atoms with Crippen molar-refractivity contribution >= 4 is 33.4 Å². The molecule has 0 N–H and O–H groups in total. The average molecular weight is 464 g/mol. The molecule has 2 saturated heterocycles. The Morgan fingerprint density at radius 1 is 0.903 bits per heavy atom. The predicted molar refractivity (Wildman–Crippen MR) is 120 cm³/mol. The van der Waals surface area contributed by atoms with Gasteiger partial charge in [-0.05, 0) is 49.2 Å². The minimum Gasteiger partial charge on any atom is -0.366 e. The van der Waals surface area contributed by atoms with Crippen molar-refractivity contribution in [3.8, 4) is 0 Å². The quantitative estimate of drug-likeness (QED) is 0.617. The number of amides is 1. The summed E-state index contributed by atoms with van der Waals surface area (Å²) in [6.07, 6.45) is 1.81. The molecule has 166 valence electrons. The Bertz CT molecular complexity index is 1020. The van der Waals surface area contributed by atoms with E-state index in [9.17, 15) is 17.6 Å². The van der Waals surface area contributed by atoms with Crippen LogP contribution in [0.3, 0.4) is 0 Å². The Balaban J connectivity index is 1.28. The summed E-state index contributed by atoms with van der Waals surface area (Å²) >= 11 is 1.40. The minimum absolute atomic E-state index is 0.0342. The average Bonchev–Trinajstić information content (AvgIpc) is 3.34. The number of nitrogens with zero attached hydrogens (tertiary/aromatic N) is 3. The predicted octanol–water partition coefficient (Wildman–Crippen LogP) is 3.05. The summed E-state index contributed by atoms with van der Waals surface area (Å²) in [5, 5.41) is 0. The standard InChI is InChI=1S/C22H26FN3O3S2/c23-20-5-1-2-6-21(20)24-13-15-25(16-14-24)22(27)17-30-18-7-9-19(10-8-18)31(28,29)26-11-3-4-12-26/h1-2,5-10H,3-4,11-17H2. The largest absolute Gasteiger partial charge is 0.366 e. The lowest BCUT2D eigenvalue weighted by atomic mass is 10.2. The summed E-state index contributed by atoms with van der Waals surface area (Å²) in [4.78, 5) is 17.5. The molecule has 4 rings (SSSR count). The topological polar surface area (TPSA) is 60.9 Å². The van der Waals surface area contributed by atoms with Crippen LogP contribution in [0.2, 0.25) is 0 Å². The third kappa shape index (κ3) is 5.05. The number of hydrogen-bond donors (Lipinski definition) is 0. The van der Waals surface area contributed by atoms with Crippen LogP contribution in [0.25, 0.3) is 0 Å². The van der Waals surface area contributed by atoms with Crippen LogP contribution in [0.4, 0.5) is 10.1 Å². The van der Waals surface area contributed by atoms with Crippen molar-refractivity contribution in [2.75, 3.05) is 49.9 Å². The second-order valence-electron chi connectivity index (χ2n) is 7.69. The lowest BCUT2D eigenvalue weighted by Crippen LogP contribution is -2.49. The van der Waals surface area contributed by atoms with E-state index in [-0.39, 0.29) is 17.5 Å². The van der Waals surface area contributed by atoms with E-state index in [2.05, 4.69) is 0 Å². The molecule has 2 aromatic carbocycles. The Labute approximate surface area is 187 Å². The van der Waals surface area contributed by atoms with Crippen LogP contribution in [0.1, 0.15) is 12.8 Å². The molecule has 6 nitrogen and oxygen atoms in total. The van der Waals surface area contributed by atoms with Crippen LogP contribution >= 0.6 is 11.8 Å². The van der Waals surface area contributed by atoms with Crippen LogP contribution in [0, 0.1) is 5.82 Å². The fourth-order valence-corrected chi connectivity index (χ4v) is 6.25. The lowest BCUT2D eigenvalue weighted by Gasteiger charge is -2.36. The second kappa shape index (κ2) is 9.58. The highest BCUT2D eigenvalue weighted by Gasteiger charge is 2.27. The van der Waals surface area contributed by atoms with Gasteiger partial charge >= 0.3 is 0 Å². The van der Waals surface area contributed by atoms with Crippen molar-refractivity contribution in [2.24, 2.45) is 0 Å². The molecule has 0 radical (unpaired) electrons. The van der Waals surface area contributed by atoms with Crippen LogP contribution in [0.5, 0.6) is 0 Å². The molecular weight excluding hydrogens is 437 g/mol. The van der Waals surface area contributed by atoms with Crippen LogP contribution in [-0.2, 0) is 14.8 Å². The summed E-state index contributed by atoms with van der Waals surface area (Å²) in [6, 6.07) is 13.5. The van der Waals surface area contributed by atoms with Gasteiger partial charge < -0.3 is 9.80 Å². The molecule has 2 aliphatic rings. The molecule has 2 heterocycles. The van der Waals surface area contributed by atoms with E-state index in [0.29, 0.717) is 49.9 Å². The number of para-hydroxylation sites is 1. The van der Waals surface area contributed by atoms with Gasteiger partial charge in [-0.1, -0.05) is 12.1 Å². The smallest absolute Gasteiger partial charge is 0.243 e. The van der Waals surface area contributed by atoms with Crippen LogP contribution in [0.15, 0.2) is 58.3 Å². The zero-order chi connectivity index (χ0) is 21.8. The van der Waals surface area contributed by atoms with Crippen molar-refractivity contribution in [3.63, 3.8) is 0 Å². The molecule has 2 aromatic rings. The highest BCUT2D eigenvalue weighted by Crippen LogP contribution is 2.25. The maximum Gasteiger partial charge on any atom is 0.243 e. The number of carbonyl (C=O) groups excluding carboxylic acids is 1. The van der Waals surface area contributed by atoms with Crippen molar-refractivity contribution in [1.29, 1.82) is 0 Å². The molecule has 0 aromatic heterocycles. The van der Waals surface area contributed by atoms with Gasteiger partial charge in [0, 0.05) is 44.2 Å².